The molecule has 1 fully saturated rings. The zero-order valence-corrected chi connectivity index (χ0v) is 20.0. The Kier molecular flexibility index (Phi) is 6.31. The van der Waals surface area contributed by atoms with Crippen molar-refractivity contribution in [1.29, 1.82) is 0 Å². The molecular weight excluding hydrogens is 513 g/mol. The van der Waals surface area contributed by atoms with Crippen molar-refractivity contribution in [3.8, 4) is 5.75 Å². The Morgan fingerprint density at radius 1 is 0.972 bits per heavy atom. The largest absolute Gasteiger partial charge is 0.458 e. The molecule has 3 unspecified atom stereocenters. The van der Waals surface area contributed by atoms with E-state index in [-0.39, 0.29) is 42.0 Å². The van der Waals surface area contributed by atoms with Crippen LogP contribution in [-0.2, 0) is 16.1 Å². The minimum Gasteiger partial charge on any atom is -0.458 e. The lowest BCUT2D eigenvalue weighted by atomic mass is 10.0. The van der Waals surface area contributed by atoms with Crippen molar-refractivity contribution in [2.75, 3.05) is 0 Å². The van der Waals surface area contributed by atoms with Gasteiger partial charge in [0, 0.05) is 29.1 Å². The first kappa shape index (κ1) is 24.4. The average molecular weight is 532 g/mol. The van der Waals surface area contributed by atoms with Crippen molar-refractivity contribution in [3.05, 3.63) is 75.0 Å². The van der Waals surface area contributed by atoms with E-state index < -0.39 is 42.1 Å². The van der Waals surface area contributed by atoms with Crippen molar-refractivity contribution < 1.29 is 34.1 Å². The Morgan fingerprint density at radius 3 is 2.36 bits per heavy atom. The Balaban J connectivity index is 1.32. The van der Waals surface area contributed by atoms with Gasteiger partial charge in [0.2, 0.25) is 11.8 Å². The molecule has 3 N–H and O–H groups in total. The van der Waals surface area contributed by atoms with Crippen LogP contribution in [0.4, 0.5) is 0 Å². The summed E-state index contributed by atoms with van der Waals surface area (Å²) in [6.45, 7) is 0.00909. The van der Waals surface area contributed by atoms with E-state index in [0.717, 1.165) is 4.90 Å². The number of nitrogens with zero attached hydrogens (tertiary/aromatic N) is 2. The maximum absolute atomic E-state index is 13.0. The number of carbonyl (C=O) groups excluding carboxylic acids is 4. The molecule has 0 bridgehead atoms. The van der Waals surface area contributed by atoms with Crippen LogP contribution in [0.15, 0.2) is 48.2 Å². The first-order chi connectivity index (χ1) is 17.1. The summed E-state index contributed by atoms with van der Waals surface area (Å²) in [6.07, 6.45) is -1.11. The fraction of sp³-hybridized carbons (Fsp3) is 0.250. The minimum atomic E-state index is -1.32. The van der Waals surface area contributed by atoms with Crippen molar-refractivity contribution in [1.82, 2.24) is 15.1 Å². The fourth-order valence-electron chi connectivity index (χ4n) is 4.45. The lowest BCUT2D eigenvalue weighted by Crippen LogP contribution is -2.54. The van der Waals surface area contributed by atoms with Gasteiger partial charge in [0.15, 0.2) is 6.23 Å². The van der Waals surface area contributed by atoms with Gasteiger partial charge in [-0.3, -0.25) is 29.4 Å². The van der Waals surface area contributed by atoms with Crippen LogP contribution in [-0.4, -0.2) is 62.1 Å². The molecule has 2 aromatic carbocycles. The predicted molar refractivity (Wildman–Crippen MR) is 126 cm³/mol. The Labute approximate surface area is 214 Å². The highest BCUT2D eigenvalue weighted by Gasteiger charge is 2.45. The van der Waals surface area contributed by atoms with Crippen molar-refractivity contribution >= 4 is 46.8 Å². The van der Waals surface area contributed by atoms with Crippen LogP contribution >= 0.6 is 23.2 Å². The van der Waals surface area contributed by atoms with Crippen molar-refractivity contribution in [2.45, 2.75) is 37.9 Å². The molecule has 0 radical (unpaired) electrons. The molecule has 0 saturated carbocycles. The number of nitrogens with one attached hydrogen (secondary N) is 1. The normalized spacial score (nSPS) is 24.2. The monoisotopic (exact) mass is 531 g/mol. The van der Waals surface area contributed by atoms with Gasteiger partial charge < -0.3 is 14.9 Å². The summed E-state index contributed by atoms with van der Waals surface area (Å²) >= 11 is 12.0. The number of aliphatic hydroxyl groups is 2. The molecule has 0 aliphatic carbocycles. The molecule has 3 aliphatic rings. The molecule has 3 aliphatic heterocycles. The number of fused-ring (bicyclic) bond motifs is 1. The molecule has 1 saturated heterocycles. The highest BCUT2D eigenvalue weighted by molar-refractivity contribution is 6.34. The van der Waals surface area contributed by atoms with E-state index in [2.05, 4.69) is 5.32 Å². The number of benzene rings is 2. The van der Waals surface area contributed by atoms with Crippen molar-refractivity contribution in [3.63, 3.8) is 0 Å². The van der Waals surface area contributed by atoms with E-state index in [4.69, 9.17) is 27.9 Å². The molecule has 4 amide bonds. The third kappa shape index (κ3) is 4.38. The summed E-state index contributed by atoms with van der Waals surface area (Å²) in [5.74, 6) is -2.06. The summed E-state index contributed by atoms with van der Waals surface area (Å²) in [4.78, 5) is 51.8. The zero-order chi connectivity index (χ0) is 25.7. The number of ether oxygens (including phenoxy) is 1. The van der Waals surface area contributed by atoms with Crippen LogP contribution in [0.2, 0.25) is 10.0 Å². The molecule has 10 nitrogen and oxygen atoms in total. The molecular formula is C24H19Cl2N3O7. The van der Waals surface area contributed by atoms with E-state index in [1.807, 2.05) is 0 Å². The number of imide groups is 2. The molecule has 2 aromatic rings. The lowest BCUT2D eigenvalue weighted by Gasteiger charge is -2.27. The van der Waals surface area contributed by atoms with Crippen molar-refractivity contribution in [2.24, 2.45) is 0 Å². The second-order valence-electron chi connectivity index (χ2n) is 8.56. The Bertz CT molecular complexity index is 1320. The number of halogens is 2. The second kappa shape index (κ2) is 9.30. The van der Waals surface area contributed by atoms with Gasteiger partial charge in [-0.25, -0.2) is 4.90 Å². The summed E-state index contributed by atoms with van der Waals surface area (Å²) < 4.78 is 5.66. The van der Waals surface area contributed by atoms with Crippen LogP contribution < -0.4 is 10.1 Å². The number of hydrogen-bond donors (Lipinski definition) is 3. The zero-order valence-electron chi connectivity index (χ0n) is 18.5. The summed E-state index contributed by atoms with van der Waals surface area (Å²) in [7, 11) is 0. The number of aliphatic hydroxyl groups excluding tert-OH is 2. The maximum atomic E-state index is 13.0. The van der Waals surface area contributed by atoms with Crippen LogP contribution in [0, 0.1) is 0 Å². The molecule has 0 spiro atoms. The predicted octanol–water partition coefficient (Wildman–Crippen LogP) is 1.81. The smallest absolute Gasteiger partial charge is 0.262 e. The standard InChI is InChI=1S/C24H19Cl2N3O7/c25-12-6-13(26)8-14(7-12)36-18-9-20(31)28(24(18)35)10-11-1-2-15-16(5-11)23(34)29(22(15)33)17-3-4-19(30)27-21(17)32/h1-2,5-9,17,20,24,31,35H,3-4,10H2,(H,27,30,32). The van der Waals surface area contributed by atoms with Gasteiger partial charge in [-0.15, -0.1) is 0 Å². The highest BCUT2D eigenvalue weighted by atomic mass is 35.5. The van der Waals surface area contributed by atoms with Gasteiger partial charge in [-0.2, -0.15) is 0 Å². The van der Waals surface area contributed by atoms with Gasteiger partial charge in [0.05, 0.1) is 11.1 Å². The van der Waals surface area contributed by atoms with Gasteiger partial charge in [-0.1, -0.05) is 29.3 Å². The van der Waals surface area contributed by atoms with E-state index >= 15 is 0 Å². The first-order valence-electron chi connectivity index (χ1n) is 10.9. The van der Waals surface area contributed by atoms with E-state index in [1.165, 1.54) is 41.3 Å². The molecule has 3 atom stereocenters. The highest BCUT2D eigenvalue weighted by Crippen LogP contribution is 2.32. The maximum Gasteiger partial charge on any atom is 0.262 e. The first-order valence-corrected chi connectivity index (χ1v) is 11.7. The van der Waals surface area contributed by atoms with E-state index in [0.29, 0.717) is 15.6 Å². The molecule has 36 heavy (non-hydrogen) atoms. The molecule has 5 rings (SSSR count). The van der Waals surface area contributed by atoms with Gasteiger partial charge in [-0.05, 0) is 42.3 Å². The number of carbonyl (C=O) groups is 4. The third-order valence-electron chi connectivity index (χ3n) is 6.16. The SMILES string of the molecule is O=C1CCC(N2C(=O)c3ccc(CN4C(O)C=C(Oc5cc(Cl)cc(Cl)c5)C4O)cc3C2=O)C(=O)N1. The summed E-state index contributed by atoms with van der Waals surface area (Å²) in [5, 5.41) is 24.1. The Morgan fingerprint density at radius 2 is 1.67 bits per heavy atom. The molecule has 186 valence electrons. The van der Waals surface area contributed by atoms with Crippen LogP contribution in [0.1, 0.15) is 39.1 Å². The number of amides is 4. The van der Waals surface area contributed by atoms with Gasteiger partial charge >= 0.3 is 0 Å². The quantitative estimate of drug-likeness (QED) is 0.497. The number of piperidine rings is 1. The van der Waals surface area contributed by atoms with Crippen LogP contribution in [0.3, 0.4) is 0 Å². The topological polar surface area (TPSA) is 136 Å². The van der Waals surface area contributed by atoms with Crippen LogP contribution in [0.25, 0.3) is 0 Å². The second-order valence-corrected chi connectivity index (χ2v) is 9.44. The fourth-order valence-corrected chi connectivity index (χ4v) is 4.96. The van der Waals surface area contributed by atoms with Gasteiger partial charge in [0.1, 0.15) is 23.8 Å². The molecule has 12 heteroatoms. The Hall–Kier alpha value is -3.28. The molecule has 0 aromatic heterocycles. The molecule has 3 heterocycles. The van der Waals surface area contributed by atoms with Gasteiger partial charge in [0.25, 0.3) is 11.8 Å². The van der Waals surface area contributed by atoms with Crippen LogP contribution in [0.5, 0.6) is 5.75 Å². The van der Waals surface area contributed by atoms with E-state index in [9.17, 15) is 29.4 Å². The minimum absolute atomic E-state index is 0.00909. The third-order valence-corrected chi connectivity index (χ3v) is 6.60. The summed E-state index contributed by atoms with van der Waals surface area (Å²) in [6, 6.07) is 8.01. The number of hydrogen-bond acceptors (Lipinski definition) is 8. The van der Waals surface area contributed by atoms with E-state index in [1.54, 1.807) is 6.07 Å². The lowest BCUT2D eigenvalue weighted by molar-refractivity contribution is -0.136. The number of rotatable bonds is 5. The summed E-state index contributed by atoms with van der Waals surface area (Å²) in [5.41, 5.74) is 0.762. The average Bonchev–Trinajstić information content (AvgIpc) is 3.20.